The summed E-state index contributed by atoms with van der Waals surface area (Å²) in [4.78, 5) is 30.8. The number of hydrogen-bond acceptors (Lipinski definition) is 8. The smallest absolute Gasteiger partial charge is 0.345 e. The van der Waals surface area contributed by atoms with Crippen molar-refractivity contribution in [1.29, 1.82) is 0 Å². The largest absolute Gasteiger partial charge is 0.449 e. The van der Waals surface area contributed by atoms with Crippen molar-refractivity contribution in [3.8, 4) is 11.4 Å². The van der Waals surface area contributed by atoms with Gasteiger partial charge >= 0.3 is 5.97 Å². The fourth-order valence-electron chi connectivity index (χ4n) is 2.12. The maximum Gasteiger partial charge on any atom is 0.345 e. The number of nitro groups is 1. The summed E-state index contributed by atoms with van der Waals surface area (Å²) in [6.45, 7) is 1.51. The normalized spacial score (nSPS) is 11.8. The molecule has 0 amide bonds. The number of aromatic nitrogens is 3. The number of benzene rings is 1. The molecule has 0 aliphatic carbocycles. The van der Waals surface area contributed by atoms with Crippen LogP contribution in [0.25, 0.3) is 11.4 Å². The topological polar surface area (TPSA) is 121 Å². The Balaban J connectivity index is 1.79. The minimum Gasteiger partial charge on any atom is -0.449 e. The van der Waals surface area contributed by atoms with Crippen LogP contribution in [0.2, 0.25) is 5.02 Å². The molecular formula is C16H11ClN4O5. The molecule has 0 saturated carbocycles. The van der Waals surface area contributed by atoms with E-state index in [1.165, 1.54) is 19.1 Å². The van der Waals surface area contributed by atoms with E-state index >= 15 is 0 Å². The Hall–Kier alpha value is -3.33. The molecular weight excluding hydrogens is 364 g/mol. The molecule has 2 heterocycles. The van der Waals surface area contributed by atoms with Crippen LogP contribution in [0.1, 0.15) is 29.3 Å². The highest BCUT2D eigenvalue weighted by molar-refractivity contribution is 6.31. The molecule has 10 heteroatoms. The Morgan fingerprint density at radius 2 is 2.19 bits per heavy atom. The number of nitro benzene ring substituents is 1. The van der Waals surface area contributed by atoms with Gasteiger partial charge in [0, 0.05) is 29.0 Å². The standard InChI is InChI=1S/C16H11ClN4O5/c1-9(15-19-14(20-26-15)10-3-2-6-18-8-10)25-16(22)12-7-11(17)4-5-13(12)21(23)24/h2-9H,1H3. The summed E-state index contributed by atoms with van der Waals surface area (Å²) in [5, 5.41) is 15.0. The second-order valence-electron chi connectivity index (χ2n) is 5.16. The van der Waals surface area contributed by atoms with Gasteiger partial charge in [0.1, 0.15) is 5.56 Å². The molecule has 0 bridgehead atoms. The van der Waals surface area contributed by atoms with Crippen molar-refractivity contribution in [2.24, 2.45) is 0 Å². The van der Waals surface area contributed by atoms with Crippen LogP contribution in [-0.2, 0) is 4.74 Å². The van der Waals surface area contributed by atoms with Crippen LogP contribution < -0.4 is 0 Å². The van der Waals surface area contributed by atoms with E-state index in [9.17, 15) is 14.9 Å². The maximum atomic E-state index is 12.3. The zero-order valence-electron chi connectivity index (χ0n) is 13.3. The molecule has 1 atom stereocenters. The lowest BCUT2D eigenvalue weighted by Gasteiger charge is -2.09. The summed E-state index contributed by atoms with van der Waals surface area (Å²) in [5.41, 5.74) is -0.0407. The molecule has 2 aromatic heterocycles. The van der Waals surface area contributed by atoms with Crippen molar-refractivity contribution < 1.29 is 19.0 Å². The summed E-state index contributed by atoms with van der Waals surface area (Å²) in [5.74, 6) is -0.598. The lowest BCUT2D eigenvalue weighted by molar-refractivity contribution is -0.385. The maximum absolute atomic E-state index is 12.3. The highest BCUT2D eigenvalue weighted by atomic mass is 35.5. The molecule has 1 unspecified atom stereocenters. The van der Waals surface area contributed by atoms with Gasteiger partial charge in [-0.2, -0.15) is 4.98 Å². The van der Waals surface area contributed by atoms with Gasteiger partial charge in [-0.15, -0.1) is 0 Å². The fourth-order valence-corrected chi connectivity index (χ4v) is 2.29. The molecule has 0 aliphatic heterocycles. The molecule has 0 fully saturated rings. The predicted molar refractivity (Wildman–Crippen MR) is 89.5 cm³/mol. The number of nitrogens with zero attached hydrogens (tertiary/aromatic N) is 4. The Kier molecular flexibility index (Phi) is 4.90. The third kappa shape index (κ3) is 3.67. The lowest BCUT2D eigenvalue weighted by Crippen LogP contribution is -2.11. The van der Waals surface area contributed by atoms with Crippen LogP contribution in [-0.4, -0.2) is 26.0 Å². The van der Waals surface area contributed by atoms with Gasteiger partial charge < -0.3 is 9.26 Å². The van der Waals surface area contributed by atoms with Gasteiger partial charge in [-0.1, -0.05) is 16.8 Å². The molecule has 0 N–H and O–H groups in total. The number of rotatable bonds is 5. The molecule has 3 rings (SSSR count). The molecule has 132 valence electrons. The van der Waals surface area contributed by atoms with Crippen molar-refractivity contribution in [3.63, 3.8) is 0 Å². The zero-order valence-corrected chi connectivity index (χ0v) is 14.1. The molecule has 3 aromatic rings. The monoisotopic (exact) mass is 374 g/mol. The van der Waals surface area contributed by atoms with Gasteiger partial charge in [0.2, 0.25) is 5.82 Å². The minimum absolute atomic E-state index is 0.0434. The van der Waals surface area contributed by atoms with E-state index in [1.54, 1.807) is 24.5 Å². The number of carbonyl (C=O) groups is 1. The Labute approximate surface area is 151 Å². The van der Waals surface area contributed by atoms with Crippen LogP contribution in [0.15, 0.2) is 47.2 Å². The molecule has 0 radical (unpaired) electrons. The first-order chi connectivity index (χ1) is 12.5. The first-order valence-electron chi connectivity index (χ1n) is 7.34. The molecule has 0 aliphatic rings. The van der Waals surface area contributed by atoms with Crippen LogP contribution in [0.4, 0.5) is 5.69 Å². The number of pyridine rings is 1. The number of carbonyl (C=O) groups excluding carboxylic acids is 1. The highest BCUT2D eigenvalue weighted by Gasteiger charge is 2.26. The van der Waals surface area contributed by atoms with Crippen LogP contribution in [0, 0.1) is 10.1 Å². The van der Waals surface area contributed by atoms with Gasteiger partial charge in [0.15, 0.2) is 6.10 Å². The third-order valence-electron chi connectivity index (χ3n) is 3.37. The van der Waals surface area contributed by atoms with Crippen LogP contribution >= 0.6 is 11.6 Å². The van der Waals surface area contributed by atoms with E-state index in [4.69, 9.17) is 20.9 Å². The van der Waals surface area contributed by atoms with E-state index in [2.05, 4.69) is 15.1 Å². The Morgan fingerprint density at radius 3 is 2.88 bits per heavy atom. The first-order valence-corrected chi connectivity index (χ1v) is 7.72. The van der Waals surface area contributed by atoms with E-state index in [-0.39, 0.29) is 22.3 Å². The van der Waals surface area contributed by atoms with Crippen LogP contribution in [0.5, 0.6) is 0 Å². The number of hydrogen-bond donors (Lipinski definition) is 0. The first kappa shape index (κ1) is 17.5. The molecule has 26 heavy (non-hydrogen) atoms. The quantitative estimate of drug-likeness (QED) is 0.377. The average molecular weight is 375 g/mol. The van der Waals surface area contributed by atoms with Crippen molar-refractivity contribution in [1.82, 2.24) is 15.1 Å². The van der Waals surface area contributed by atoms with E-state index in [0.717, 1.165) is 6.07 Å². The fraction of sp³-hybridized carbons (Fsp3) is 0.125. The Bertz CT molecular complexity index is 960. The molecule has 0 spiro atoms. The summed E-state index contributed by atoms with van der Waals surface area (Å²) in [6, 6.07) is 7.08. The average Bonchev–Trinajstić information content (AvgIpc) is 3.12. The minimum atomic E-state index is -0.923. The lowest BCUT2D eigenvalue weighted by atomic mass is 10.2. The van der Waals surface area contributed by atoms with Crippen molar-refractivity contribution in [2.45, 2.75) is 13.0 Å². The predicted octanol–water partition coefficient (Wildman–Crippen LogP) is 3.61. The van der Waals surface area contributed by atoms with Crippen LogP contribution in [0.3, 0.4) is 0 Å². The number of esters is 1. The SMILES string of the molecule is CC(OC(=O)c1cc(Cl)ccc1[N+](=O)[O-])c1nc(-c2cccnc2)no1. The van der Waals surface area contributed by atoms with E-state index in [1.807, 2.05) is 0 Å². The van der Waals surface area contributed by atoms with Gasteiger partial charge in [0.25, 0.3) is 11.6 Å². The molecule has 0 saturated heterocycles. The second kappa shape index (κ2) is 7.28. The summed E-state index contributed by atoms with van der Waals surface area (Å²) in [6.07, 6.45) is 2.24. The summed E-state index contributed by atoms with van der Waals surface area (Å²) >= 11 is 5.81. The van der Waals surface area contributed by atoms with E-state index < -0.39 is 22.7 Å². The number of ether oxygens (including phenoxy) is 1. The van der Waals surface area contributed by atoms with Gasteiger partial charge in [-0.05, 0) is 31.2 Å². The van der Waals surface area contributed by atoms with Crippen molar-refractivity contribution in [2.75, 3.05) is 0 Å². The third-order valence-corrected chi connectivity index (χ3v) is 3.60. The zero-order chi connectivity index (χ0) is 18.7. The summed E-state index contributed by atoms with van der Waals surface area (Å²) in [7, 11) is 0. The van der Waals surface area contributed by atoms with E-state index in [0.29, 0.717) is 5.56 Å². The van der Waals surface area contributed by atoms with Crippen molar-refractivity contribution in [3.05, 3.63) is 69.3 Å². The number of halogens is 1. The van der Waals surface area contributed by atoms with Gasteiger partial charge in [0.05, 0.1) is 4.92 Å². The summed E-state index contributed by atoms with van der Waals surface area (Å²) < 4.78 is 10.3. The molecule has 1 aromatic carbocycles. The highest BCUT2D eigenvalue weighted by Crippen LogP contribution is 2.26. The second-order valence-corrected chi connectivity index (χ2v) is 5.60. The van der Waals surface area contributed by atoms with Crippen molar-refractivity contribution >= 4 is 23.3 Å². The van der Waals surface area contributed by atoms with Gasteiger partial charge in [-0.25, -0.2) is 4.79 Å². The Morgan fingerprint density at radius 1 is 1.38 bits per heavy atom. The van der Waals surface area contributed by atoms with Gasteiger partial charge in [-0.3, -0.25) is 15.1 Å². The molecule has 9 nitrogen and oxygen atoms in total.